The minimum Gasteiger partial charge on any atom is -0.464 e. The molecule has 1 fully saturated rings. The van der Waals surface area contributed by atoms with Crippen LogP contribution in [-0.2, 0) is 18.6 Å². The van der Waals surface area contributed by atoms with Crippen molar-refractivity contribution in [2.75, 3.05) is 51.5 Å². The number of thiazole rings is 1. The molecule has 11 heteroatoms. The number of morpholine rings is 1. The molecule has 1 aromatic rings. The lowest BCUT2D eigenvalue weighted by Gasteiger charge is -2.41. The van der Waals surface area contributed by atoms with Gasteiger partial charge in [0.2, 0.25) is 0 Å². The third kappa shape index (κ3) is 8.01. The van der Waals surface area contributed by atoms with E-state index < -0.39 is 26.0 Å². The summed E-state index contributed by atoms with van der Waals surface area (Å²) < 4.78 is 22.6. The topological polar surface area (TPSA) is 90.4 Å². The first-order valence-electron chi connectivity index (χ1n) is 11.6. The van der Waals surface area contributed by atoms with Crippen LogP contribution in [0.15, 0.2) is 5.38 Å². The molecular weight excluding hydrogens is 474 g/mol. The first kappa shape index (κ1) is 28.7. The summed E-state index contributed by atoms with van der Waals surface area (Å²) in [4.78, 5) is 33.4. The first-order chi connectivity index (χ1) is 15.6. The van der Waals surface area contributed by atoms with E-state index in [0.29, 0.717) is 31.5 Å². The number of nitrogens with zero attached hydrogens (tertiary/aromatic N) is 3. The molecule has 1 amide bonds. The summed E-state index contributed by atoms with van der Waals surface area (Å²) in [5.41, 5.74) is -0.513. The zero-order valence-electron chi connectivity index (χ0n) is 22.1. The largest absolute Gasteiger partial charge is 0.464 e. The lowest BCUT2D eigenvalue weighted by atomic mass is 10.2. The van der Waals surface area contributed by atoms with Crippen molar-refractivity contribution in [1.82, 2.24) is 9.88 Å². The SMILES string of the molecule is COC(=O)c1csc(N(CC(CO[Si](C)(C)C(C)(C)C)N2CCOCC2)C(=O)OC(C)(C)C)n1. The molecule has 2 rings (SSSR count). The van der Waals surface area contributed by atoms with Crippen molar-refractivity contribution in [3.05, 3.63) is 11.1 Å². The Morgan fingerprint density at radius 1 is 1.21 bits per heavy atom. The summed E-state index contributed by atoms with van der Waals surface area (Å²) in [7, 11) is -0.704. The van der Waals surface area contributed by atoms with Crippen LogP contribution in [0.1, 0.15) is 52.0 Å². The highest BCUT2D eigenvalue weighted by molar-refractivity contribution is 7.14. The van der Waals surface area contributed by atoms with Gasteiger partial charge in [-0.25, -0.2) is 14.6 Å². The maximum Gasteiger partial charge on any atom is 0.416 e. The molecule has 0 radical (unpaired) electrons. The summed E-state index contributed by atoms with van der Waals surface area (Å²) in [6, 6.07) is -0.0870. The van der Waals surface area contributed by atoms with Gasteiger partial charge in [0, 0.05) is 25.0 Å². The van der Waals surface area contributed by atoms with Crippen molar-refractivity contribution in [2.45, 2.75) is 71.3 Å². The van der Waals surface area contributed by atoms with Gasteiger partial charge < -0.3 is 18.6 Å². The Hall–Kier alpha value is -1.53. The summed E-state index contributed by atoms with van der Waals surface area (Å²) >= 11 is 1.21. The van der Waals surface area contributed by atoms with Crippen molar-refractivity contribution in [3.63, 3.8) is 0 Å². The Morgan fingerprint density at radius 3 is 2.35 bits per heavy atom. The minimum atomic E-state index is -2.01. The highest BCUT2D eigenvalue weighted by atomic mass is 32.1. The van der Waals surface area contributed by atoms with Crippen molar-refractivity contribution in [1.29, 1.82) is 0 Å². The fourth-order valence-electron chi connectivity index (χ4n) is 3.08. The Bertz CT molecular complexity index is 827. The van der Waals surface area contributed by atoms with Gasteiger partial charge in [-0.05, 0) is 38.9 Å². The molecule has 1 aliphatic heterocycles. The fraction of sp³-hybridized carbons (Fsp3) is 0.783. The number of esters is 1. The van der Waals surface area contributed by atoms with Crippen LogP contribution in [0.4, 0.5) is 9.93 Å². The normalized spacial score (nSPS) is 16.7. The van der Waals surface area contributed by atoms with Crippen LogP contribution in [0.25, 0.3) is 0 Å². The summed E-state index contributed by atoms with van der Waals surface area (Å²) in [5.74, 6) is -0.544. The molecule has 194 valence electrons. The van der Waals surface area contributed by atoms with Crippen molar-refractivity contribution < 1.29 is 28.2 Å². The van der Waals surface area contributed by atoms with E-state index in [0.717, 1.165) is 13.1 Å². The van der Waals surface area contributed by atoms with E-state index in [-0.39, 0.29) is 16.8 Å². The predicted octanol–water partition coefficient (Wildman–Crippen LogP) is 4.39. The maximum absolute atomic E-state index is 13.3. The smallest absolute Gasteiger partial charge is 0.416 e. The molecule has 1 aromatic heterocycles. The van der Waals surface area contributed by atoms with Crippen LogP contribution in [0.2, 0.25) is 18.1 Å². The molecule has 0 aliphatic carbocycles. The quantitative estimate of drug-likeness (QED) is 0.372. The molecule has 0 N–H and O–H groups in total. The van der Waals surface area contributed by atoms with E-state index >= 15 is 0 Å². The number of amides is 1. The Morgan fingerprint density at radius 2 is 1.82 bits per heavy atom. The summed E-state index contributed by atoms with van der Waals surface area (Å²) in [5, 5.41) is 2.05. The van der Waals surface area contributed by atoms with Gasteiger partial charge in [-0.2, -0.15) is 0 Å². The molecule has 9 nitrogen and oxygen atoms in total. The molecule has 1 unspecified atom stereocenters. The number of methoxy groups -OCH3 is 1. The van der Waals surface area contributed by atoms with E-state index in [4.69, 9.17) is 18.6 Å². The van der Waals surface area contributed by atoms with Crippen molar-refractivity contribution >= 4 is 36.8 Å². The Labute approximate surface area is 208 Å². The Kier molecular flexibility index (Phi) is 9.68. The van der Waals surface area contributed by atoms with Gasteiger partial charge in [0.05, 0.1) is 33.0 Å². The monoisotopic (exact) mass is 515 g/mol. The van der Waals surface area contributed by atoms with E-state index in [1.165, 1.54) is 23.3 Å². The number of carbonyl (C=O) groups is 2. The molecule has 1 saturated heterocycles. The lowest BCUT2D eigenvalue weighted by Crippen LogP contribution is -2.54. The van der Waals surface area contributed by atoms with Gasteiger partial charge in [-0.3, -0.25) is 9.80 Å². The standard InChI is InChI=1S/C23H41N3O6SSi/c1-22(2,3)32-21(28)26(20-24-18(16-33-20)19(27)29-7)14-17(25-10-12-30-13-11-25)15-31-34(8,9)23(4,5)6/h16-17H,10-15H2,1-9H3. The molecule has 1 aliphatic rings. The summed E-state index contributed by atoms with van der Waals surface area (Å²) in [6.07, 6.45) is -0.510. The zero-order valence-corrected chi connectivity index (χ0v) is 23.9. The zero-order chi connectivity index (χ0) is 25.7. The number of hydrogen-bond donors (Lipinski definition) is 0. The number of rotatable bonds is 8. The van der Waals surface area contributed by atoms with E-state index in [1.807, 2.05) is 20.8 Å². The summed E-state index contributed by atoms with van der Waals surface area (Å²) in [6.45, 7) is 20.1. The average Bonchev–Trinajstić information content (AvgIpc) is 3.21. The molecule has 0 spiro atoms. The molecule has 34 heavy (non-hydrogen) atoms. The minimum absolute atomic E-state index is 0.0676. The molecule has 1 atom stereocenters. The van der Waals surface area contributed by atoms with E-state index in [9.17, 15) is 9.59 Å². The fourth-order valence-corrected chi connectivity index (χ4v) is 4.92. The highest BCUT2D eigenvalue weighted by Crippen LogP contribution is 2.37. The van der Waals surface area contributed by atoms with Crippen LogP contribution in [0.5, 0.6) is 0 Å². The molecule has 0 saturated carbocycles. The highest BCUT2D eigenvalue weighted by Gasteiger charge is 2.39. The third-order valence-electron chi connectivity index (χ3n) is 6.13. The molecule has 2 heterocycles. The maximum atomic E-state index is 13.3. The second-order valence-corrected chi connectivity index (χ2v) is 16.6. The van der Waals surface area contributed by atoms with Gasteiger partial charge in [-0.15, -0.1) is 11.3 Å². The lowest BCUT2D eigenvalue weighted by molar-refractivity contribution is 0.00543. The van der Waals surface area contributed by atoms with Gasteiger partial charge in [0.25, 0.3) is 0 Å². The predicted molar refractivity (Wildman–Crippen MR) is 136 cm³/mol. The van der Waals surface area contributed by atoms with Gasteiger partial charge in [-0.1, -0.05) is 20.8 Å². The third-order valence-corrected chi connectivity index (χ3v) is 11.5. The number of ether oxygens (including phenoxy) is 3. The first-order valence-corrected chi connectivity index (χ1v) is 15.4. The van der Waals surface area contributed by atoms with Crippen molar-refractivity contribution in [2.24, 2.45) is 0 Å². The average molecular weight is 516 g/mol. The number of carbonyl (C=O) groups excluding carboxylic acids is 2. The number of hydrogen-bond acceptors (Lipinski definition) is 9. The molecule has 0 bridgehead atoms. The van der Waals surface area contributed by atoms with Crippen LogP contribution in [-0.4, -0.2) is 88.5 Å². The van der Waals surface area contributed by atoms with Crippen LogP contribution in [0.3, 0.4) is 0 Å². The molecular formula is C23H41N3O6SSi. The second-order valence-electron chi connectivity index (χ2n) is 11.0. The van der Waals surface area contributed by atoms with Crippen LogP contribution in [0, 0.1) is 0 Å². The van der Waals surface area contributed by atoms with Crippen molar-refractivity contribution in [3.8, 4) is 0 Å². The van der Waals surface area contributed by atoms with Crippen LogP contribution < -0.4 is 4.90 Å². The van der Waals surface area contributed by atoms with E-state index in [1.54, 1.807) is 5.38 Å². The van der Waals surface area contributed by atoms with Gasteiger partial charge >= 0.3 is 12.1 Å². The number of anilines is 1. The van der Waals surface area contributed by atoms with Crippen LogP contribution >= 0.6 is 11.3 Å². The van der Waals surface area contributed by atoms with Gasteiger partial charge in [0.15, 0.2) is 19.1 Å². The molecule has 0 aromatic carbocycles. The Balaban J connectivity index is 2.34. The second kappa shape index (κ2) is 11.5. The number of aromatic nitrogens is 1. The van der Waals surface area contributed by atoms with E-state index in [2.05, 4.69) is 43.7 Å². The van der Waals surface area contributed by atoms with Gasteiger partial charge in [0.1, 0.15) is 5.60 Å².